The molecule has 0 saturated heterocycles. The van der Waals surface area contributed by atoms with Crippen LogP contribution in [0.5, 0.6) is 0 Å². The predicted octanol–water partition coefficient (Wildman–Crippen LogP) is 4.74. The molecule has 0 saturated carbocycles. The van der Waals surface area contributed by atoms with Crippen molar-refractivity contribution in [2.24, 2.45) is 5.92 Å². The zero-order chi connectivity index (χ0) is 23.7. The summed E-state index contributed by atoms with van der Waals surface area (Å²) in [7, 11) is 0. The summed E-state index contributed by atoms with van der Waals surface area (Å²) < 4.78 is 0.541. The van der Waals surface area contributed by atoms with E-state index in [-0.39, 0.29) is 24.2 Å². The van der Waals surface area contributed by atoms with E-state index < -0.39 is 0 Å². The summed E-state index contributed by atoms with van der Waals surface area (Å²) in [5.41, 5.74) is 5.28. The fourth-order valence-corrected chi connectivity index (χ4v) is 4.04. The van der Waals surface area contributed by atoms with E-state index in [1.807, 2.05) is 26.0 Å². The molecule has 0 unspecified atom stereocenters. The van der Waals surface area contributed by atoms with Gasteiger partial charge in [0, 0.05) is 47.5 Å². The van der Waals surface area contributed by atoms with Gasteiger partial charge in [0.2, 0.25) is 5.91 Å². The Hall–Kier alpha value is -3.43. The standard InChI is InChI=1S/C24H22BrN5O3/c1-12(2)24(33)17-9-18(25)29-23-20(15-4-5-16(11-31)27-10-15)21(30-22(17)23)14-6-7-26-19(8-14)28-13(3)32/h4-10,12,30-31H,11H2,1-3H3,(H,26,28,32). The van der Waals surface area contributed by atoms with Crippen LogP contribution in [0.25, 0.3) is 33.4 Å². The number of anilines is 1. The van der Waals surface area contributed by atoms with E-state index in [1.54, 1.807) is 30.6 Å². The summed E-state index contributed by atoms with van der Waals surface area (Å²) >= 11 is 3.45. The number of aromatic nitrogens is 4. The smallest absolute Gasteiger partial charge is 0.222 e. The molecule has 0 aliphatic rings. The molecule has 0 bridgehead atoms. The average Bonchev–Trinajstić information content (AvgIpc) is 3.17. The number of ketones is 1. The molecule has 0 spiro atoms. The first-order chi connectivity index (χ1) is 15.8. The van der Waals surface area contributed by atoms with Gasteiger partial charge in [0.25, 0.3) is 0 Å². The molecule has 1 amide bonds. The van der Waals surface area contributed by atoms with Crippen molar-refractivity contribution >= 4 is 44.5 Å². The number of fused-ring (bicyclic) bond motifs is 1. The van der Waals surface area contributed by atoms with Crippen molar-refractivity contribution < 1.29 is 14.7 Å². The Morgan fingerprint density at radius 2 is 1.94 bits per heavy atom. The predicted molar refractivity (Wildman–Crippen MR) is 130 cm³/mol. The van der Waals surface area contributed by atoms with Crippen molar-refractivity contribution in [1.82, 2.24) is 19.9 Å². The minimum Gasteiger partial charge on any atom is -0.390 e. The molecule has 33 heavy (non-hydrogen) atoms. The van der Waals surface area contributed by atoms with Gasteiger partial charge in [-0.15, -0.1) is 0 Å². The first-order valence-corrected chi connectivity index (χ1v) is 11.1. The van der Waals surface area contributed by atoms with E-state index in [1.165, 1.54) is 6.92 Å². The molecule has 0 fully saturated rings. The number of aromatic amines is 1. The number of amides is 1. The highest BCUT2D eigenvalue weighted by Crippen LogP contribution is 2.40. The van der Waals surface area contributed by atoms with Gasteiger partial charge in [-0.2, -0.15) is 0 Å². The second-order valence-electron chi connectivity index (χ2n) is 7.92. The number of halogens is 1. The van der Waals surface area contributed by atoms with E-state index in [2.05, 4.69) is 41.2 Å². The second kappa shape index (κ2) is 9.21. The van der Waals surface area contributed by atoms with Gasteiger partial charge >= 0.3 is 0 Å². The molecule has 8 nitrogen and oxygen atoms in total. The number of aliphatic hydroxyl groups excluding tert-OH is 1. The zero-order valence-electron chi connectivity index (χ0n) is 18.3. The molecule has 9 heteroatoms. The minimum absolute atomic E-state index is 0.00938. The Kier molecular flexibility index (Phi) is 6.35. The molecule has 168 valence electrons. The molecule has 4 rings (SSSR count). The summed E-state index contributed by atoms with van der Waals surface area (Å²) in [4.78, 5) is 41.1. The van der Waals surface area contributed by atoms with E-state index in [4.69, 9.17) is 0 Å². The minimum atomic E-state index is -0.226. The van der Waals surface area contributed by atoms with Gasteiger partial charge in [0.15, 0.2) is 5.78 Å². The second-order valence-corrected chi connectivity index (χ2v) is 8.73. The Morgan fingerprint density at radius 1 is 1.15 bits per heavy atom. The van der Waals surface area contributed by atoms with Crippen LogP contribution in [-0.2, 0) is 11.4 Å². The monoisotopic (exact) mass is 507 g/mol. The quantitative estimate of drug-likeness (QED) is 0.256. The molecule has 4 aromatic heterocycles. The highest BCUT2D eigenvalue weighted by Gasteiger charge is 2.23. The van der Waals surface area contributed by atoms with E-state index >= 15 is 0 Å². The van der Waals surface area contributed by atoms with Crippen molar-refractivity contribution in [3.05, 3.63) is 58.6 Å². The Bertz CT molecular complexity index is 1360. The van der Waals surface area contributed by atoms with Crippen LogP contribution >= 0.6 is 15.9 Å². The number of carbonyl (C=O) groups is 2. The molecule has 0 aliphatic carbocycles. The van der Waals surface area contributed by atoms with Crippen molar-refractivity contribution in [1.29, 1.82) is 0 Å². The fraction of sp³-hybridized carbons (Fsp3) is 0.208. The number of nitrogens with one attached hydrogen (secondary N) is 2. The number of pyridine rings is 3. The molecule has 0 aliphatic heterocycles. The van der Waals surface area contributed by atoms with Crippen LogP contribution < -0.4 is 5.32 Å². The van der Waals surface area contributed by atoms with Crippen molar-refractivity contribution in [2.45, 2.75) is 27.4 Å². The summed E-state index contributed by atoms with van der Waals surface area (Å²) in [6, 6.07) is 8.88. The number of H-pyrrole nitrogens is 1. The third kappa shape index (κ3) is 4.55. The average molecular weight is 508 g/mol. The van der Waals surface area contributed by atoms with Gasteiger partial charge in [-0.3, -0.25) is 14.6 Å². The van der Waals surface area contributed by atoms with Crippen LogP contribution in [0.4, 0.5) is 5.82 Å². The van der Waals surface area contributed by atoms with Crippen LogP contribution in [0, 0.1) is 5.92 Å². The zero-order valence-corrected chi connectivity index (χ0v) is 19.9. The number of nitrogens with zero attached hydrogens (tertiary/aromatic N) is 3. The Labute approximate surface area is 198 Å². The summed E-state index contributed by atoms with van der Waals surface area (Å²) in [6.07, 6.45) is 3.27. The van der Waals surface area contributed by atoms with Crippen LogP contribution in [0.15, 0.2) is 47.3 Å². The van der Waals surface area contributed by atoms with Crippen molar-refractivity contribution in [2.75, 3.05) is 5.32 Å². The molecule has 3 N–H and O–H groups in total. The van der Waals surface area contributed by atoms with Crippen molar-refractivity contribution in [3.63, 3.8) is 0 Å². The van der Waals surface area contributed by atoms with Gasteiger partial charge in [0.1, 0.15) is 10.4 Å². The third-order valence-electron chi connectivity index (χ3n) is 5.14. The van der Waals surface area contributed by atoms with Gasteiger partial charge in [-0.25, -0.2) is 9.97 Å². The summed E-state index contributed by atoms with van der Waals surface area (Å²) in [5.74, 6) is -0.0259. The summed E-state index contributed by atoms with van der Waals surface area (Å²) in [6.45, 7) is 4.96. The molecule has 4 aromatic rings. The molecule has 0 radical (unpaired) electrons. The number of Topliss-reactive ketones (excluding diaryl/α,β-unsaturated/α-hetero) is 1. The van der Waals surface area contributed by atoms with Crippen molar-refractivity contribution in [3.8, 4) is 22.4 Å². The fourth-order valence-electron chi connectivity index (χ4n) is 3.63. The lowest BCUT2D eigenvalue weighted by Gasteiger charge is -2.08. The normalized spacial score (nSPS) is 11.2. The molecule has 4 heterocycles. The molecule has 0 atom stereocenters. The molecular formula is C24H22BrN5O3. The topological polar surface area (TPSA) is 121 Å². The number of aliphatic hydroxyl groups is 1. The maximum absolute atomic E-state index is 13.0. The maximum atomic E-state index is 13.0. The van der Waals surface area contributed by atoms with Crippen LogP contribution in [0.2, 0.25) is 0 Å². The highest BCUT2D eigenvalue weighted by atomic mass is 79.9. The van der Waals surface area contributed by atoms with Gasteiger partial charge in [0.05, 0.1) is 29.0 Å². The van der Waals surface area contributed by atoms with E-state index in [0.29, 0.717) is 38.4 Å². The van der Waals surface area contributed by atoms with Crippen LogP contribution in [0.3, 0.4) is 0 Å². The van der Waals surface area contributed by atoms with Gasteiger partial charge in [-0.1, -0.05) is 19.9 Å². The first-order valence-electron chi connectivity index (χ1n) is 10.3. The van der Waals surface area contributed by atoms with Crippen LogP contribution in [-0.4, -0.2) is 36.7 Å². The largest absolute Gasteiger partial charge is 0.390 e. The number of rotatable bonds is 6. The number of hydrogen-bond donors (Lipinski definition) is 3. The third-order valence-corrected chi connectivity index (χ3v) is 5.55. The number of carbonyl (C=O) groups excluding carboxylic acids is 2. The van der Waals surface area contributed by atoms with Gasteiger partial charge < -0.3 is 15.4 Å². The summed E-state index contributed by atoms with van der Waals surface area (Å²) in [5, 5.41) is 12.1. The lowest BCUT2D eigenvalue weighted by Crippen LogP contribution is -2.08. The Morgan fingerprint density at radius 3 is 2.58 bits per heavy atom. The maximum Gasteiger partial charge on any atom is 0.222 e. The van der Waals surface area contributed by atoms with Crippen LogP contribution in [0.1, 0.15) is 36.8 Å². The SMILES string of the molecule is CC(=O)Nc1cc(-c2[nH]c3c(C(=O)C(C)C)cc(Br)nc3c2-c2ccc(CO)nc2)ccn1. The van der Waals surface area contributed by atoms with E-state index in [0.717, 1.165) is 16.7 Å². The highest BCUT2D eigenvalue weighted by molar-refractivity contribution is 9.10. The lowest BCUT2D eigenvalue weighted by atomic mass is 9.99. The molecular weight excluding hydrogens is 486 g/mol. The first kappa shape index (κ1) is 22.8. The Balaban J connectivity index is 2.03. The number of hydrogen-bond acceptors (Lipinski definition) is 6. The molecule has 0 aromatic carbocycles. The van der Waals surface area contributed by atoms with Gasteiger partial charge in [-0.05, 0) is 40.2 Å². The van der Waals surface area contributed by atoms with E-state index in [9.17, 15) is 14.7 Å². The lowest BCUT2D eigenvalue weighted by molar-refractivity contribution is -0.114.